The van der Waals surface area contributed by atoms with E-state index in [1.807, 2.05) is 21.6 Å². The summed E-state index contributed by atoms with van der Waals surface area (Å²) in [5.41, 5.74) is 2.87. The maximum atomic E-state index is 2.25. The normalized spacial score (nSPS) is 10.7. The van der Waals surface area contributed by atoms with Crippen molar-refractivity contribution in [3.05, 3.63) is 59.7 Å². The second-order valence-corrected chi connectivity index (χ2v) is 7.23. The fourth-order valence-corrected chi connectivity index (χ4v) is 4.03. The van der Waals surface area contributed by atoms with Gasteiger partial charge in [0.1, 0.15) is 0 Å². The van der Waals surface area contributed by atoms with Crippen LogP contribution in [0, 0.1) is 0 Å². The highest BCUT2D eigenvalue weighted by atomic mass is 33.1. The molecule has 0 unspecified atom stereocenters. The molecule has 0 atom stereocenters. The minimum atomic E-state index is 1.18. The Balaban J connectivity index is 1.87. The first-order chi connectivity index (χ1) is 9.81. The summed E-state index contributed by atoms with van der Waals surface area (Å²) in [5, 5.41) is 0. The zero-order valence-corrected chi connectivity index (χ0v) is 13.9. The summed E-state index contributed by atoms with van der Waals surface area (Å²) in [6.45, 7) is 4.45. The van der Waals surface area contributed by atoms with Crippen molar-refractivity contribution >= 4 is 21.6 Å². The number of hydrogen-bond acceptors (Lipinski definition) is 2. The van der Waals surface area contributed by atoms with E-state index in [2.05, 4.69) is 62.4 Å². The highest BCUT2D eigenvalue weighted by Gasteiger charge is 1.99. The van der Waals surface area contributed by atoms with Gasteiger partial charge >= 0.3 is 0 Å². The lowest BCUT2D eigenvalue weighted by atomic mass is 10.1. The van der Waals surface area contributed by atoms with Crippen molar-refractivity contribution in [2.45, 2.75) is 49.3 Å². The molecule has 0 spiro atoms. The minimum Gasteiger partial charge on any atom is -0.0651 e. The van der Waals surface area contributed by atoms with Crippen LogP contribution in [0.4, 0.5) is 0 Å². The van der Waals surface area contributed by atoms with Gasteiger partial charge in [0.25, 0.3) is 0 Å². The van der Waals surface area contributed by atoms with Crippen LogP contribution in [0.5, 0.6) is 0 Å². The van der Waals surface area contributed by atoms with Gasteiger partial charge in [0.2, 0.25) is 0 Å². The smallest absolute Gasteiger partial charge is 0.0186 e. The summed E-state index contributed by atoms with van der Waals surface area (Å²) < 4.78 is 0. The molecule has 0 aromatic heterocycles. The van der Waals surface area contributed by atoms with E-state index >= 15 is 0 Å². The Morgan fingerprint density at radius 1 is 0.600 bits per heavy atom. The van der Waals surface area contributed by atoms with Crippen molar-refractivity contribution in [1.29, 1.82) is 0 Å². The van der Waals surface area contributed by atoms with Crippen molar-refractivity contribution in [1.82, 2.24) is 0 Å². The molecule has 0 fully saturated rings. The molecule has 0 nitrogen and oxygen atoms in total. The average Bonchev–Trinajstić information content (AvgIpc) is 2.49. The summed E-state index contributed by atoms with van der Waals surface area (Å²) in [5.74, 6) is 0. The minimum absolute atomic E-state index is 1.18. The predicted octanol–water partition coefficient (Wildman–Crippen LogP) is 6.39. The van der Waals surface area contributed by atoms with Crippen molar-refractivity contribution in [2.24, 2.45) is 0 Å². The monoisotopic (exact) mass is 302 g/mol. The summed E-state index contributed by atoms with van der Waals surface area (Å²) in [4.78, 5) is 2.65. The topological polar surface area (TPSA) is 0 Å². The van der Waals surface area contributed by atoms with E-state index in [9.17, 15) is 0 Å². The Kier molecular flexibility index (Phi) is 6.55. The summed E-state index contributed by atoms with van der Waals surface area (Å²) in [7, 11) is 3.67. The first kappa shape index (κ1) is 15.5. The SMILES string of the molecule is CCCc1ccc(SSc2ccc(CCC)cc2)cc1. The molecule has 0 heterocycles. The Bertz CT molecular complexity index is 450. The molecule has 0 amide bonds. The van der Waals surface area contributed by atoms with Crippen LogP contribution in [0.3, 0.4) is 0 Å². The molecule has 2 rings (SSSR count). The van der Waals surface area contributed by atoms with Crippen molar-refractivity contribution < 1.29 is 0 Å². The van der Waals surface area contributed by atoms with Crippen LogP contribution in [0.2, 0.25) is 0 Å². The highest BCUT2D eigenvalue weighted by molar-refractivity contribution is 8.76. The lowest BCUT2D eigenvalue weighted by Gasteiger charge is -2.04. The van der Waals surface area contributed by atoms with E-state index in [-0.39, 0.29) is 0 Å². The summed E-state index contributed by atoms with van der Waals surface area (Å²) >= 11 is 0. The van der Waals surface area contributed by atoms with Crippen LogP contribution in [-0.4, -0.2) is 0 Å². The van der Waals surface area contributed by atoms with Gasteiger partial charge in [-0.3, -0.25) is 0 Å². The standard InChI is InChI=1S/C18H22S2/c1-3-5-15-7-11-17(12-8-15)19-20-18-13-9-16(6-4-2)10-14-18/h7-14H,3-6H2,1-2H3. The predicted molar refractivity (Wildman–Crippen MR) is 92.6 cm³/mol. The molecule has 0 aliphatic heterocycles. The van der Waals surface area contributed by atoms with E-state index in [0.29, 0.717) is 0 Å². The molecule has 0 aliphatic rings. The second-order valence-electron chi connectivity index (χ2n) is 4.95. The van der Waals surface area contributed by atoms with E-state index in [1.54, 1.807) is 0 Å². The van der Waals surface area contributed by atoms with E-state index in [1.165, 1.54) is 46.6 Å². The third-order valence-corrected chi connectivity index (χ3v) is 5.58. The van der Waals surface area contributed by atoms with E-state index in [4.69, 9.17) is 0 Å². The van der Waals surface area contributed by atoms with Crippen LogP contribution in [0.15, 0.2) is 58.3 Å². The Labute approximate surface area is 130 Å². The lowest BCUT2D eigenvalue weighted by Crippen LogP contribution is -1.82. The zero-order valence-electron chi connectivity index (χ0n) is 12.3. The molecule has 0 saturated carbocycles. The Morgan fingerprint density at radius 3 is 1.25 bits per heavy atom. The molecule has 0 N–H and O–H groups in total. The maximum absolute atomic E-state index is 2.25. The maximum Gasteiger partial charge on any atom is 0.0186 e. The molecular weight excluding hydrogens is 280 g/mol. The quantitative estimate of drug-likeness (QED) is 0.543. The zero-order chi connectivity index (χ0) is 14.2. The van der Waals surface area contributed by atoms with Crippen molar-refractivity contribution in [3.8, 4) is 0 Å². The molecule has 2 aromatic carbocycles. The van der Waals surface area contributed by atoms with Crippen LogP contribution < -0.4 is 0 Å². The fraction of sp³-hybridized carbons (Fsp3) is 0.333. The van der Waals surface area contributed by atoms with Gasteiger partial charge in [-0.15, -0.1) is 0 Å². The van der Waals surface area contributed by atoms with Crippen LogP contribution in [0.1, 0.15) is 37.8 Å². The highest BCUT2D eigenvalue weighted by Crippen LogP contribution is 2.37. The number of hydrogen-bond donors (Lipinski definition) is 0. The fourth-order valence-electron chi connectivity index (χ4n) is 2.10. The van der Waals surface area contributed by atoms with Crippen LogP contribution in [-0.2, 0) is 12.8 Å². The van der Waals surface area contributed by atoms with Gasteiger partial charge in [0, 0.05) is 9.79 Å². The second kappa shape index (κ2) is 8.43. The molecular formula is C18H22S2. The molecule has 2 aromatic rings. The van der Waals surface area contributed by atoms with Crippen molar-refractivity contribution in [2.75, 3.05) is 0 Å². The Hall–Kier alpha value is -0.860. The van der Waals surface area contributed by atoms with Gasteiger partial charge in [-0.2, -0.15) is 0 Å². The Morgan fingerprint density at radius 2 is 0.950 bits per heavy atom. The molecule has 0 saturated heterocycles. The first-order valence-electron chi connectivity index (χ1n) is 7.34. The number of rotatable bonds is 7. The summed E-state index contributed by atoms with van der Waals surface area (Å²) in [6, 6.07) is 17.9. The largest absolute Gasteiger partial charge is 0.0651 e. The van der Waals surface area contributed by atoms with Gasteiger partial charge < -0.3 is 0 Å². The van der Waals surface area contributed by atoms with Gasteiger partial charge in [-0.05, 0) is 48.2 Å². The molecule has 0 aliphatic carbocycles. The number of benzene rings is 2. The molecule has 0 bridgehead atoms. The van der Waals surface area contributed by atoms with E-state index in [0.717, 1.165) is 0 Å². The average molecular weight is 303 g/mol. The van der Waals surface area contributed by atoms with Gasteiger partial charge in [-0.1, -0.05) is 72.5 Å². The molecule has 20 heavy (non-hydrogen) atoms. The van der Waals surface area contributed by atoms with Gasteiger partial charge in [0.15, 0.2) is 0 Å². The van der Waals surface area contributed by atoms with Crippen LogP contribution in [0.25, 0.3) is 0 Å². The molecule has 106 valence electrons. The van der Waals surface area contributed by atoms with Crippen LogP contribution >= 0.6 is 21.6 Å². The molecule has 0 radical (unpaired) electrons. The molecule has 2 heteroatoms. The summed E-state index contributed by atoms with van der Waals surface area (Å²) in [6.07, 6.45) is 4.78. The number of aryl methyl sites for hydroxylation is 2. The van der Waals surface area contributed by atoms with E-state index < -0.39 is 0 Å². The third kappa shape index (κ3) is 4.92. The van der Waals surface area contributed by atoms with Gasteiger partial charge in [-0.25, -0.2) is 0 Å². The van der Waals surface area contributed by atoms with Gasteiger partial charge in [0.05, 0.1) is 0 Å². The lowest BCUT2D eigenvalue weighted by molar-refractivity contribution is 0.920. The first-order valence-corrected chi connectivity index (χ1v) is 9.49. The third-order valence-electron chi connectivity index (χ3n) is 3.16. The van der Waals surface area contributed by atoms with Crippen molar-refractivity contribution in [3.63, 3.8) is 0 Å².